The Labute approximate surface area is 154 Å². The number of hydrogen-bond donors (Lipinski definition) is 2. The Morgan fingerprint density at radius 3 is 2.54 bits per heavy atom. The molecule has 4 rings (SSSR count). The Morgan fingerprint density at radius 1 is 1.15 bits per heavy atom. The van der Waals surface area contributed by atoms with Gasteiger partial charge >= 0.3 is 0 Å². The molecule has 3 aliphatic heterocycles. The third-order valence-electron chi connectivity index (χ3n) is 5.62. The maximum absolute atomic E-state index is 12.7. The molecule has 7 nitrogen and oxygen atoms in total. The molecule has 0 saturated carbocycles. The van der Waals surface area contributed by atoms with Gasteiger partial charge in [0.2, 0.25) is 0 Å². The number of fused-ring (bicyclic) bond motifs is 2. The molecular weight excluding hydrogens is 358 g/mol. The highest BCUT2D eigenvalue weighted by Crippen LogP contribution is 2.31. The van der Waals surface area contributed by atoms with Crippen molar-refractivity contribution in [2.24, 2.45) is 0 Å². The summed E-state index contributed by atoms with van der Waals surface area (Å²) >= 11 is 0. The highest BCUT2D eigenvalue weighted by atomic mass is 32.2. The Kier molecular flexibility index (Phi) is 5.06. The minimum Gasteiger partial charge on any atom is -0.384 e. The molecular formula is C18H26NO6S+. The van der Waals surface area contributed by atoms with E-state index >= 15 is 0 Å². The molecule has 3 aliphatic rings. The van der Waals surface area contributed by atoms with E-state index in [1.54, 1.807) is 12.1 Å². The van der Waals surface area contributed by atoms with E-state index in [1.807, 2.05) is 6.92 Å². The third-order valence-corrected chi connectivity index (χ3v) is 6.95. The maximum atomic E-state index is 12.7. The van der Waals surface area contributed by atoms with Crippen molar-refractivity contribution >= 4 is 10.1 Å². The van der Waals surface area contributed by atoms with E-state index in [0.717, 1.165) is 31.5 Å². The fourth-order valence-corrected chi connectivity index (χ4v) is 5.32. The number of piperidine rings is 1. The zero-order valence-corrected chi connectivity index (χ0v) is 15.7. The second kappa shape index (κ2) is 7.18. The van der Waals surface area contributed by atoms with E-state index in [-0.39, 0.29) is 17.0 Å². The first-order chi connectivity index (χ1) is 12.5. The van der Waals surface area contributed by atoms with Gasteiger partial charge < -0.3 is 19.5 Å². The van der Waals surface area contributed by atoms with Crippen molar-refractivity contribution in [3.63, 3.8) is 0 Å². The van der Waals surface area contributed by atoms with Crippen LogP contribution < -0.4 is 4.90 Å². The molecule has 0 radical (unpaired) electrons. The lowest BCUT2D eigenvalue weighted by atomic mass is 9.94. The number of aliphatic hydroxyl groups is 1. The predicted molar refractivity (Wildman–Crippen MR) is 92.2 cm³/mol. The normalized spacial score (nSPS) is 35.5. The van der Waals surface area contributed by atoms with Crippen molar-refractivity contribution in [3.8, 4) is 0 Å². The molecule has 0 spiro atoms. The van der Waals surface area contributed by atoms with Gasteiger partial charge in [0.25, 0.3) is 10.1 Å². The van der Waals surface area contributed by atoms with Crippen LogP contribution in [0.5, 0.6) is 0 Å². The van der Waals surface area contributed by atoms with Gasteiger partial charge in [-0.15, -0.1) is 0 Å². The molecule has 3 heterocycles. The van der Waals surface area contributed by atoms with Crippen LogP contribution >= 0.6 is 0 Å². The van der Waals surface area contributed by atoms with Crippen LogP contribution in [0.2, 0.25) is 0 Å². The van der Waals surface area contributed by atoms with E-state index in [9.17, 15) is 13.5 Å². The van der Waals surface area contributed by atoms with Crippen molar-refractivity contribution in [2.75, 3.05) is 19.7 Å². The fourth-order valence-electron chi connectivity index (χ4n) is 4.24. The molecule has 0 aromatic heterocycles. The number of aliphatic hydroxyl groups excluding tert-OH is 1. The van der Waals surface area contributed by atoms with Crippen LogP contribution in [0.3, 0.4) is 0 Å². The second-order valence-electron chi connectivity index (χ2n) is 7.44. The summed E-state index contributed by atoms with van der Waals surface area (Å²) in [7, 11) is -4.02. The SMILES string of the molecule is Cc1ccc(S(=O)(=O)O[C@H]2[C@@H]3OC[C@@H](O3)[C@@H]([NH+]3CCCCC3)[C@H]2O)cc1. The van der Waals surface area contributed by atoms with Crippen molar-refractivity contribution in [1.29, 1.82) is 0 Å². The first-order valence-electron chi connectivity index (χ1n) is 9.25. The smallest absolute Gasteiger partial charge is 0.297 e. The van der Waals surface area contributed by atoms with Crippen LogP contribution in [-0.4, -0.2) is 63.9 Å². The molecule has 0 amide bonds. The summed E-state index contributed by atoms with van der Waals surface area (Å²) in [4.78, 5) is 1.32. The number of quaternary nitrogens is 1. The number of ether oxygens (including phenoxy) is 2. The largest absolute Gasteiger partial charge is 0.384 e. The average Bonchev–Trinajstić information content (AvgIpc) is 3.06. The molecule has 5 atom stereocenters. The van der Waals surface area contributed by atoms with Gasteiger partial charge in [0.1, 0.15) is 18.2 Å². The topological polar surface area (TPSA) is 86.5 Å². The van der Waals surface area contributed by atoms with Crippen molar-refractivity contribution in [3.05, 3.63) is 29.8 Å². The van der Waals surface area contributed by atoms with Crippen LogP contribution in [0.4, 0.5) is 0 Å². The van der Waals surface area contributed by atoms with Crippen LogP contribution in [0, 0.1) is 6.92 Å². The zero-order chi connectivity index (χ0) is 18.3. The van der Waals surface area contributed by atoms with Gasteiger partial charge in [-0.2, -0.15) is 8.42 Å². The van der Waals surface area contributed by atoms with Gasteiger partial charge in [-0.25, -0.2) is 0 Å². The molecule has 0 aliphatic carbocycles. The van der Waals surface area contributed by atoms with Gasteiger partial charge in [-0.05, 0) is 38.3 Å². The van der Waals surface area contributed by atoms with E-state index in [1.165, 1.54) is 23.5 Å². The van der Waals surface area contributed by atoms with Gasteiger partial charge in [-0.1, -0.05) is 17.7 Å². The number of benzene rings is 1. The number of rotatable bonds is 4. The summed E-state index contributed by atoms with van der Waals surface area (Å²) in [5.41, 5.74) is 0.959. The second-order valence-corrected chi connectivity index (χ2v) is 9.01. The number of likely N-dealkylation sites (tertiary alicyclic amines) is 1. The highest BCUT2D eigenvalue weighted by Gasteiger charge is 2.56. The highest BCUT2D eigenvalue weighted by molar-refractivity contribution is 7.86. The number of nitrogens with one attached hydrogen (secondary N) is 1. The molecule has 8 heteroatoms. The van der Waals surface area contributed by atoms with E-state index < -0.39 is 28.6 Å². The van der Waals surface area contributed by atoms with Gasteiger partial charge in [-0.3, -0.25) is 4.18 Å². The Balaban J connectivity index is 1.56. The standard InChI is InChI=1S/C18H25NO6S/c1-12-5-7-13(8-6-12)26(21,22)25-17-16(20)15(14-11-23-18(17)24-14)19-9-3-2-4-10-19/h5-8,14-18,20H,2-4,9-11H2,1H3/p+1/t14-,15-,16-,17-,18-/m1/s1. The van der Waals surface area contributed by atoms with Crippen LogP contribution in [-0.2, 0) is 23.8 Å². The molecule has 3 fully saturated rings. The minimum absolute atomic E-state index is 0.0669. The summed E-state index contributed by atoms with van der Waals surface area (Å²) < 4.78 is 42.2. The van der Waals surface area contributed by atoms with Crippen LogP contribution in [0.25, 0.3) is 0 Å². The van der Waals surface area contributed by atoms with Gasteiger partial charge in [0.15, 0.2) is 12.4 Å². The lowest BCUT2D eigenvalue weighted by molar-refractivity contribution is -0.938. The quantitative estimate of drug-likeness (QED) is 0.689. The maximum Gasteiger partial charge on any atom is 0.297 e. The van der Waals surface area contributed by atoms with Crippen molar-refractivity contribution in [2.45, 2.75) is 61.7 Å². The first-order valence-corrected chi connectivity index (χ1v) is 10.7. The molecule has 1 aromatic carbocycles. The molecule has 144 valence electrons. The lowest BCUT2D eigenvalue weighted by Gasteiger charge is -2.41. The molecule has 1 aromatic rings. The Bertz CT molecular complexity index is 731. The number of aryl methyl sites for hydroxylation is 1. The summed E-state index contributed by atoms with van der Waals surface area (Å²) in [6.07, 6.45) is 0.319. The summed E-state index contributed by atoms with van der Waals surface area (Å²) in [5, 5.41) is 10.9. The van der Waals surface area contributed by atoms with E-state index in [2.05, 4.69) is 0 Å². The fraction of sp³-hybridized carbons (Fsp3) is 0.667. The van der Waals surface area contributed by atoms with Crippen molar-refractivity contribution < 1.29 is 32.1 Å². The van der Waals surface area contributed by atoms with E-state index in [4.69, 9.17) is 13.7 Å². The summed E-state index contributed by atoms with van der Waals surface area (Å²) in [5.74, 6) is 0. The van der Waals surface area contributed by atoms with Gasteiger partial charge in [0.05, 0.1) is 24.6 Å². The van der Waals surface area contributed by atoms with Gasteiger partial charge in [0, 0.05) is 0 Å². The zero-order valence-electron chi connectivity index (χ0n) is 14.8. The Hall–Kier alpha value is -1.03. The van der Waals surface area contributed by atoms with E-state index in [0.29, 0.717) is 6.61 Å². The minimum atomic E-state index is -4.02. The number of hydrogen-bond acceptors (Lipinski definition) is 6. The predicted octanol–water partition coefficient (Wildman–Crippen LogP) is -0.378. The monoisotopic (exact) mass is 384 g/mol. The van der Waals surface area contributed by atoms with Crippen molar-refractivity contribution in [1.82, 2.24) is 0 Å². The molecule has 26 heavy (non-hydrogen) atoms. The molecule has 3 saturated heterocycles. The summed E-state index contributed by atoms with van der Waals surface area (Å²) in [6.45, 7) is 4.14. The third kappa shape index (κ3) is 3.42. The lowest BCUT2D eigenvalue weighted by Crippen LogP contribution is -3.19. The molecule has 2 N–H and O–H groups in total. The average molecular weight is 384 g/mol. The van der Waals surface area contributed by atoms with Crippen LogP contribution in [0.15, 0.2) is 29.2 Å². The van der Waals surface area contributed by atoms with Crippen LogP contribution in [0.1, 0.15) is 24.8 Å². The summed E-state index contributed by atoms with van der Waals surface area (Å²) in [6, 6.07) is 6.21. The molecule has 0 unspecified atom stereocenters. The Morgan fingerprint density at radius 2 is 1.85 bits per heavy atom. The first kappa shape index (κ1) is 18.3. The molecule has 2 bridgehead atoms.